The highest BCUT2D eigenvalue weighted by Crippen LogP contribution is 2.29. The fraction of sp³-hybridized carbons (Fsp3) is 0.400. The van der Waals surface area contributed by atoms with Gasteiger partial charge >= 0.3 is 0 Å². The molecule has 1 aromatic heterocycles. The van der Waals surface area contributed by atoms with Crippen molar-refractivity contribution in [1.29, 1.82) is 0 Å². The fourth-order valence-electron chi connectivity index (χ4n) is 3.64. The van der Waals surface area contributed by atoms with Crippen LogP contribution in [0.5, 0.6) is 0 Å². The summed E-state index contributed by atoms with van der Waals surface area (Å²) in [6.07, 6.45) is 4.17. The topological polar surface area (TPSA) is 36.4 Å². The second-order valence-corrected chi connectivity index (χ2v) is 7.50. The third kappa shape index (κ3) is 5.18. The van der Waals surface area contributed by atoms with Crippen molar-refractivity contribution in [3.8, 4) is 11.3 Å². The average molecular weight is 377 g/mol. The molecule has 3 rings (SSSR count). The molecular formula is C25H32N2O. The number of rotatable bonds is 10. The minimum Gasteiger partial charge on any atom is -0.387 e. The number of unbranched alkanes of at least 4 members (excludes halogenated alkanes) is 2. The maximum absolute atomic E-state index is 11.2. The van der Waals surface area contributed by atoms with Gasteiger partial charge < -0.3 is 10.0 Å². The zero-order chi connectivity index (χ0) is 19.8. The lowest BCUT2D eigenvalue weighted by Gasteiger charge is -2.26. The lowest BCUT2D eigenvalue weighted by molar-refractivity contribution is 0.112. The number of para-hydroxylation sites is 1. The smallest absolute Gasteiger partial charge is 0.0924 e. The second-order valence-electron chi connectivity index (χ2n) is 7.50. The Balaban J connectivity index is 1.93. The number of hydrogen-bond donors (Lipinski definition) is 1. The van der Waals surface area contributed by atoms with Crippen molar-refractivity contribution in [2.24, 2.45) is 0 Å². The first-order valence-electron chi connectivity index (χ1n) is 10.6. The van der Waals surface area contributed by atoms with Gasteiger partial charge in [-0.05, 0) is 43.6 Å². The summed E-state index contributed by atoms with van der Waals surface area (Å²) >= 11 is 0. The van der Waals surface area contributed by atoms with E-state index in [0.717, 1.165) is 40.8 Å². The molecule has 0 amide bonds. The number of aliphatic hydroxyl groups excluding tert-OH is 1. The van der Waals surface area contributed by atoms with Crippen LogP contribution in [0.2, 0.25) is 0 Å². The number of fused-ring (bicyclic) bond motifs is 1. The Morgan fingerprint density at radius 3 is 2.21 bits per heavy atom. The van der Waals surface area contributed by atoms with Crippen LogP contribution in [-0.4, -0.2) is 34.6 Å². The number of aromatic nitrogens is 1. The first-order chi connectivity index (χ1) is 13.7. The van der Waals surface area contributed by atoms with Crippen LogP contribution >= 0.6 is 0 Å². The van der Waals surface area contributed by atoms with E-state index in [9.17, 15) is 5.11 Å². The van der Waals surface area contributed by atoms with Crippen LogP contribution in [0.1, 0.15) is 51.2 Å². The summed E-state index contributed by atoms with van der Waals surface area (Å²) in [5, 5.41) is 12.2. The van der Waals surface area contributed by atoms with Crippen LogP contribution in [0, 0.1) is 0 Å². The van der Waals surface area contributed by atoms with E-state index < -0.39 is 6.10 Å². The summed E-state index contributed by atoms with van der Waals surface area (Å²) in [5.41, 5.74) is 3.91. The van der Waals surface area contributed by atoms with Gasteiger partial charge in [-0.1, -0.05) is 75.2 Å². The molecule has 0 fully saturated rings. The molecule has 0 spiro atoms. The number of nitrogens with zero attached hydrogens (tertiary/aromatic N) is 2. The summed E-state index contributed by atoms with van der Waals surface area (Å²) in [5.74, 6) is 0. The largest absolute Gasteiger partial charge is 0.387 e. The van der Waals surface area contributed by atoms with Crippen molar-refractivity contribution in [1.82, 2.24) is 9.88 Å². The summed E-state index contributed by atoms with van der Waals surface area (Å²) < 4.78 is 0. The van der Waals surface area contributed by atoms with E-state index in [1.165, 1.54) is 25.7 Å². The van der Waals surface area contributed by atoms with Gasteiger partial charge in [-0.25, -0.2) is 4.98 Å². The highest BCUT2D eigenvalue weighted by molar-refractivity contribution is 5.85. The van der Waals surface area contributed by atoms with Gasteiger partial charge in [0.1, 0.15) is 0 Å². The highest BCUT2D eigenvalue weighted by atomic mass is 16.3. The molecule has 1 atom stereocenters. The maximum Gasteiger partial charge on any atom is 0.0924 e. The van der Waals surface area contributed by atoms with Crippen LogP contribution in [-0.2, 0) is 0 Å². The van der Waals surface area contributed by atoms with E-state index in [1.54, 1.807) is 0 Å². The third-order valence-electron chi connectivity index (χ3n) is 5.26. The van der Waals surface area contributed by atoms with E-state index in [2.05, 4.69) is 43.0 Å². The van der Waals surface area contributed by atoms with Gasteiger partial charge in [-0.3, -0.25) is 0 Å². The normalized spacial score (nSPS) is 12.6. The SMILES string of the molecule is CCCCN(CCCC)C[C@H](O)c1cc(-c2ccccc2)nc2ccccc12. The summed E-state index contributed by atoms with van der Waals surface area (Å²) in [4.78, 5) is 7.25. The quantitative estimate of drug-likeness (QED) is 0.483. The van der Waals surface area contributed by atoms with E-state index in [1.807, 2.05) is 36.4 Å². The Morgan fingerprint density at radius 2 is 1.54 bits per heavy atom. The Morgan fingerprint density at radius 1 is 0.893 bits per heavy atom. The van der Waals surface area contributed by atoms with Crippen molar-refractivity contribution in [3.05, 3.63) is 66.2 Å². The molecule has 0 radical (unpaired) electrons. The minimum absolute atomic E-state index is 0.524. The van der Waals surface area contributed by atoms with Crippen molar-refractivity contribution < 1.29 is 5.11 Å². The molecule has 3 heteroatoms. The Kier molecular flexibility index (Phi) is 7.58. The van der Waals surface area contributed by atoms with Gasteiger partial charge in [0.2, 0.25) is 0 Å². The molecule has 3 aromatic rings. The summed E-state index contributed by atoms with van der Waals surface area (Å²) in [6.45, 7) is 7.19. The standard InChI is InChI=1S/C25H32N2O/c1-3-5-16-27(17-6-4-2)19-25(28)22-18-24(20-12-8-7-9-13-20)26-23-15-11-10-14-21(22)23/h7-15,18,25,28H,3-6,16-17,19H2,1-2H3/t25-/m0/s1. The Hall–Kier alpha value is -2.23. The van der Waals surface area contributed by atoms with Gasteiger partial charge in [-0.15, -0.1) is 0 Å². The monoisotopic (exact) mass is 376 g/mol. The number of aliphatic hydroxyl groups is 1. The maximum atomic E-state index is 11.2. The molecule has 0 saturated carbocycles. The fourth-order valence-corrected chi connectivity index (χ4v) is 3.64. The van der Waals surface area contributed by atoms with Crippen molar-refractivity contribution in [2.45, 2.75) is 45.6 Å². The van der Waals surface area contributed by atoms with Gasteiger partial charge in [0.25, 0.3) is 0 Å². The summed E-state index contributed by atoms with van der Waals surface area (Å²) in [7, 11) is 0. The van der Waals surface area contributed by atoms with E-state index in [0.29, 0.717) is 6.54 Å². The molecule has 0 unspecified atom stereocenters. The predicted molar refractivity (Wildman–Crippen MR) is 118 cm³/mol. The van der Waals surface area contributed by atoms with Crippen LogP contribution in [0.4, 0.5) is 0 Å². The number of pyridine rings is 1. The molecule has 3 nitrogen and oxygen atoms in total. The lowest BCUT2D eigenvalue weighted by atomic mass is 9.99. The average Bonchev–Trinajstić information content (AvgIpc) is 2.75. The van der Waals surface area contributed by atoms with Gasteiger partial charge in [-0.2, -0.15) is 0 Å². The highest BCUT2D eigenvalue weighted by Gasteiger charge is 2.17. The molecule has 28 heavy (non-hydrogen) atoms. The molecule has 0 aliphatic carbocycles. The van der Waals surface area contributed by atoms with Crippen molar-refractivity contribution in [2.75, 3.05) is 19.6 Å². The zero-order valence-corrected chi connectivity index (χ0v) is 17.1. The number of hydrogen-bond acceptors (Lipinski definition) is 3. The van der Waals surface area contributed by atoms with E-state index in [-0.39, 0.29) is 0 Å². The first-order valence-corrected chi connectivity index (χ1v) is 10.6. The Bertz CT molecular complexity index is 855. The van der Waals surface area contributed by atoms with Crippen molar-refractivity contribution in [3.63, 3.8) is 0 Å². The van der Waals surface area contributed by atoms with Crippen LogP contribution < -0.4 is 0 Å². The zero-order valence-electron chi connectivity index (χ0n) is 17.1. The molecule has 2 aromatic carbocycles. The van der Waals surface area contributed by atoms with Crippen LogP contribution in [0.25, 0.3) is 22.2 Å². The van der Waals surface area contributed by atoms with Gasteiger partial charge in [0.05, 0.1) is 17.3 Å². The Labute approximate surface area is 169 Å². The predicted octanol–water partition coefficient (Wildman–Crippen LogP) is 5.84. The minimum atomic E-state index is -0.524. The number of benzene rings is 2. The lowest BCUT2D eigenvalue weighted by Crippen LogP contribution is -2.31. The second kappa shape index (κ2) is 10.4. The molecule has 148 valence electrons. The molecule has 0 aliphatic heterocycles. The van der Waals surface area contributed by atoms with Crippen LogP contribution in [0.3, 0.4) is 0 Å². The van der Waals surface area contributed by atoms with Crippen LogP contribution in [0.15, 0.2) is 60.7 Å². The first kappa shape index (κ1) is 20.5. The molecule has 1 N–H and O–H groups in total. The molecule has 1 heterocycles. The molecule has 0 aliphatic rings. The van der Waals surface area contributed by atoms with Crippen molar-refractivity contribution >= 4 is 10.9 Å². The van der Waals surface area contributed by atoms with E-state index >= 15 is 0 Å². The molecule has 0 saturated heterocycles. The molecular weight excluding hydrogens is 344 g/mol. The van der Waals surface area contributed by atoms with E-state index in [4.69, 9.17) is 4.98 Å². The van der Waals surface area contributed by atoms with Gasteiger partial charge in [0, 0.05) is 17.5 Å². The third-order valence-corrected chi connectivity index (χ3v) is 5.26. The summed E-state index contributed by atoms with van der Waals surface area (Å²) in [6, 6.07) is 20.4. The van der Waals surface area contributed by atoms with Gasteiger partial charge in [0.15, 0.2) is 0 Å². The molecule has 0 bridgehead atoms.